The normalized spacial score (nSPS) is 15.1. The zero-order valence-electron chi connectivity index (χ0n) is 17.3. The summed E-state index contributed by atoms with van der Waals surface area (Å²) in [4.78, 5) is 42.2. The molecule has 0 spiro atoms. The summed E-state index contributed by atoms with van der Waals surface area (Å²) in [5, 5.41) is 2.86. The van der Waals surface area contributed by atoms with Gasteiger partial charge in [0.1, 0.15) is 11.3 Å². The van der Waals surface area contributed by atoms with Crippen LogP contribution in [0.2, 0.25) is 0 Å². The Kier molecular flexibility index (Phi) is 6.47. The molecule has 0 radical (unpaired) electrons. The minimum absolute atomic E-state index is 0.0256. The number of piperidine rings is 1. The van der Waals surface area contributed by atoms with Crippen molar-refractivity contribution in [1.82, 2.24) is 19.8 Å². The standard InChI is InChI=1S/C23H26N4O4/c28-21(20-14-25-23(30)27(22(20)29)16-19-7-4-12-31-19)24-13-17-8-10-26(11-9-17)15-18-5-2-1-3-6-18/h1-7,12,14,17H,8-11,13,15-16H2,(H,24,28)(H,25,30). The number of nitrogens with zero attached hydrogens (tertiary/aromatic N) is 2. The van der Waals surface area contributed by atoms with Gasteiger partial charge in [0, 0.05) is 19.3 Å². The molecule has 1 amide bonds. The number of hydrogen-bond acceptors (Lipinski definition) is 5. The molecule has 0 atom stereocenters. The predicted octanol–water partition coefficient (Wildman–Crippen LogP) is 1.82. The van der Waals surface area contributed by atoms with Gasteiger partial charge in [-0.05, 0) is 49.5 Å². The largest absolute Gasteiger partial charge is 0.467 e. The fourth-order valence-corrected chi connectivity index (χ4v) is 3.90. The molecular weight excluding hydrogens is 396 g/mol. The van der Waals surface area contributed by atoms with Gasteiger partial charge in [-0.1, -0.05) is 30.3 Å². The topological polar surface area (TPSA) is 100 Å². The van der Waals surface area contributed by atoms with Crippen molar-refractivity contribution < 1.29 is 9.21 Å². The first-order valence-electron chi connectivity index (χ1n) is 10.5. The maximum atomic E-state index is 12.7. The third-order valence-electron chi connectivity index (χ3n) is 5.71. The van der Waals surface area contributed by atoms with Crippen LogP contribution in [0.25, 0.3) is 0 Å². The van der Waals surface area contributed by atoms with Gasteiger partial charge in [-0.15, -0.1) is 0 Å². The van der Waals surface area contributed by atoms with Crippen molar-refractivity contribution >= 4 is 5.91 Å². The molecule has 1 aliphatic rings. The summed E-state index contributed by atoms with van der Waals surface area (Å²) in [6.45, 7) is 3.37. The molecule has 0 unspecified atom stereocenters. The van der Waals surface area contributed by atoms with Gasteiger partial charge in [-0.25, -0.2) is 4.79 Å². The van der Waals surface area contributed by atoms with Crippen molar-refractivity contribution in [1.29, 1.82) is 0 Å². The van der Waals surface area contributed by atoms with Crippen LogP contribution in [0.15, 0.2) is 68.9 Å². The van der Waals surface area contributed by atoms with Gasteiger partial charge < -0.3 is 14.7 Å². The molecule has 1 aromatic carbocycles. The number of amides is 1. The highest BCUT2D eigenvalue weighted by molar-refractivity contribution is 5.93. The molecule has 162 valence electrons. The summed E-state index contributed by atoms with van der Waals surface area (Å²) < 4.78 is 6.17. The lowest BCUT2D eigenvalue weighted by Gasteiger charge is -2.32. The molecule has 4 rings (SSSR count). The van der Waals surface area contributed by atoms with Gasteiger partial charge >= 0.3 is 5.69 Å². The van der Waals surface area contributed by atoms with Crippen molar-refractivity contribution in [3.63, 3.8) is 0 Å². The average molecular weight is 422 g/mol. The molecule has 0 aliphatic carbocycles. The molecule has 1 aliphatic heterocycles. The lowest BCUT2D eigenvalue weighted by atomic mass is 9.96. The third-order valence-corrected chi connectivity index (χ3v) is 5.71. The first-order chi connectivity index (χ1) is 15.1. The molecule has 3 aromatic rings. The first kappa shape index (κ1) is 20.9. The van der Waals surface area contributed by atoms with E-state index in [9.17, 15) is 14.4 Å². The van der Waals surface area contributed by atoms with Crippen LogP contribution in [0.3, 0.4) is 0 Å². The van der Waals surface area contributed by atoms with Crippen molar-refractivity contribution in [2.24, 2.45) is 5.92 Å². The Hall–Kier alpha value is -3.39. The molecular formula is C23H26N4O4. The summed E-state index contributed by atoms with van der Waals surface area (Å²) in [6, 6.07) is 13.7. The minimum atomic E-state index is -0.629. The van der Waals surface area contributed by atoms with E-state index in [1.54, 1.807) is 12.1 Å². The molecule has 1 fully saturated rings. The van der Waals surface area contributed by atoms with Crippen LogP contribution in [-0.2, 0) is 13.1 Å². The number of carbonyl (C=O) groups excluding carboxylic acids is 1. The van der Waals surface area contributed by atoms with Crippen molar-refractivity contribution in [3.05, 3.63) is 92.6 Å². The number of aromatic amines is 1. The smallest absolute Gasteiger partial charge is 0.328 e. The SMILES string of the molecule is O=C(NCC1CCN(Cc2ccccc2)CC1)c1c[nH]c(=O)n(Cc2ccco2)c1=O. The monoisotopic (exact) mass is 422 g/mol. The Morgan fingerprint density at radius 3 is 2.55 bits per heavy atom. The average Bonchev–Trinajstić information content (AvgIpc) is 3.30. The molecule has 1 saturated heterocycles. The Morgan fingerprint density at radius 2 is 1.84 bits per heavy atom. The van der Waals surface area contributed by atoms with E-state index in [1.165, 1.54) is 18.0 Å². The molecule has 31 heavy (non-hydrogen) atoms. The Labute approximate surface area is 179 Å². The second kappa shape index (κ2) is 9.61. The number of benzene rings is 1. The van der Waals surface area contributed by atoms with Crippen LogP contribution in [0.5, 0.6) is 0 Å². The fraction of sp³-hybridized carbons (Fsp3) is 0.348. The third kappa shape index (κ3) is 5.21. The Balaban J connectivity index is 1.31. The van der Waals surface area contributed by atoms with E-state index < -0.39 is 17.2 Å². The van der Waals surface area contributed by atoms with Crippen LogP contribution < -0.4 is 16.6 Å². The number of nitrogens with one attached hydrogen (secondary N) is 2. The van der Waals surface area contributed by atoms with E-state index in [0.29, 0.717) is 18.2 Å². The summed E-state index contributed by atoms with van der Waals surface area (Å²) in [5.41, 5.74) is 0.0184. The second-order valence-electron chi connectivity index (χ2n) is 7.89. The fourth-order valence-electron chi connectivity index (χ4n) is 3.90. The second-order valence-corrected chi connectivity index (χ2v) is 7.89. The number of hydrogen-bond donors (Lipinski definition) is 2. The summed E-state index contributed by atoms with van der Waals surface area (Å²) in [6.07, 6.45) is 4.63. The lowest BCUT2D eigenvalue weighted by molar-refractivity contribution is 0.0932. The van der Waals surface area contributed by atoms with Crippen LogP contribution in [0.1, 0.15) is 34.5 Å². The molecule has 3 heterocycles. The number of likely N-dealkylation sites (tertiary alicyclic amines) is 1. The number of rotatable bonds is 7. The highest BCUT2D eigenvalue weighted by atomic mass is 16.3. The van der Waals surface area contributed by atoms with Gasteiger partial charge in [0.05, 0.1) is 12.8 Å². The molecule has 8 nitrogen and oxygen atoms in total. The van der Waals surface area contributed by atoms with Gasteiger partial charge in [0.25, 0.3) is 11.5 Å². The van der Waals surface area contributed by atoms with Gasteiger partial charge in [0.2, 0.25) is 0 Å². The number of carbonyl (C=O) groups is 1. The van der Waals surface area contributed by atoms with Crippen LogP contribution in [-0.4, -0.2) is 40.0 Å². The molecule has 8 heteroatoms. The van der Waals surface area contributed by atoms with Gasteiger partial charge in [0.15, 0.2) is 0 Å². The first-order valence-corrected chi connectivity index (χ1v) is 10.5. The van der Waals surface area contributed by atoms with Crippen LogP contribution >= 0.6 is 0 Å². The summed E-state index contributed by atoms with van der Waals surface area (Å²) in [7, 11) is 0. The maximum absolute atomic E-state index is 12.7. The van der Waals surface area contributed by atoms with Crippen molar-refractivity contribution in [3.8, 4) is 0 Å². The molecule has 2 aromatic heterocycles. The zero-order chi connectivity index (χ0) is 21.6. The highest BCUT2D eigenvalue weighted by Gasteiger charge is 2.21. The molecule has 0 bridgehead atoms. The summed E-state index contributed by atoms with van der Waals surface area (Å²) >= 11 is 0. The van der Waals surface area contributed by atoms with Crippen molar-refractivity contribution in [2.45, 2.75) is 25.9 Å². The lowest BCUT2D eigenvalue weighted by Crippen LogP contribution is -2.42. The quantitative estimate of drug-likeness (QED) is 0.605. The number of H-pyrrole nitrogens is 1. The number of aromatic nitrogens is 2. The minimum Gasteiger partial charge on any atom is -0.467 e. The Morgan fingerprint density at radius 1 is 1.06 bits per heavy atom. The van der Waals surface area contributed by atoms with Crippen LogP contribution in [0.4, 0.5) is 0 Å². The van der Waals surface area contributed by atoms with Crippen LogP contribution in [0, 0.1) is 5.92 Å². The van der Waals surface area contributed by atoms with E-state index in [-0.39, 0.29) is 12.1 Å². The van der Waals surface area contributed by atoms with E-state index in [4.69, 9.17) is 4.42 Å². The van der Waals surface area contributed by atoms with Gasteiger partial charge in [-0.2, -0.15) is 0 Å². The Bertz CT molecular complexity index is 1110. The van der Waals surface area contributed by atoms with E-state index in [2.05, 4.69) is 39.5 Å². The van der Waals surface area contributed by atoms with E-state index in [1.807, 2.05) is 6.07 Å². The molecule has 0 saturated carbocycles. The van der Waals surface area contributed by atoms with Crippen molar-refractivity contribution in [2.75, 3.05) is 19.6 Å². The zero-order valence-corrected chi connectivity index (χ0v) is 17.3. The number of furan rings is 1. The highest BCUT2D eigenvalue weighted by Crippen LogP contribution is 2.18. The van der Waals surface area contributed by atoms with Gasteiger partial charge in [-0.3, -0.25) is 19.1 Å². The van der Waals surface area contributed by atoms with E-state index in [0.717, 1.165) is 37.0 Å². The maximum Gasteiger partial charge on any atom is 0.328 e. The van der Waals surface area contributed by atoms with E-state index >= 15 is 0 Å². The molecule has 2 N–H and O–H groups in total. The summed E-state index contributed by atoms with van der Waals surface area (Å²) in [5.74, 6) is 0.359. The predicted molar refractivity (Wildman–Crippen MR) is 116 cm³/mol.